The second kappa shape index (κ2) is 5.03. The molecule has 1 aromatic rings. The van der Waals surface area contributed by atoms with Crippen LogP contribution in [0.4, 0.5) is 0 Å². The Hall–Kier alpha value is -1.22. The monoisotopic (exact) mass is 207 g/mol. The Bertz CT molecular complexity index is 314. The van der Waals surface area contributed by atoms with E-state index in [0.717, 1.165) is 5.56 Å². The van der Waals surface area contributed by atoms with E-state index in [-0.39, 0.29) is 18.0 Å². The van der Waals surface area contributed by atoms with Crippen LogP contribution in [0, 0.1) is 0 Å². The van der Waals surface area contributed by atoms with E-state index in [1.165, 1.54) is 0 Å². The van der Waals surface area contributed by atoms with Crippen LogP contribution in [0.1, 0.15) is 26.3 Å². The maximum atomic E-state index is 11.5. The Balaban J connectivity index is 2.38. The lowest BCUT2D eigenvalue weighted by Crippen LogP contribution is -2.24. The van der Waals surface area contributed by atoms with Crippen molar-refractivity contribution in [2.75, 3.05) is 6.61 Å². The summed E-state index contributed by atoms with van der Waals surface area (Å²) in [5, 5.41) is 0. The van der Waals surface area contributed by atoms with E-state index in [1.807, 2.05) is 32.9 Å². The van der Waals surface area contributed by atoms with Crippen molar-refractivity contribution in [1.29, 1.82) is 0 Å². The Morgan fingerprint density at radius 1 is 1.47 bits per heavy atom. The number of rotatable bonds is 4. The third-order valence-electron chi connectivity index (χ3n) is 1.79. The Morgan fingerprint density at radius 3 is 2.73 bits per heavy atom. The number of pyridine rings is 1. The lowest BCUT2D eigenvalue weighted by atomic mass is 10.1. The van der Waals surface area contributed by atoms with Crippen molar-refractivity contribution >= 4 is 5.78 Å². The van der Waals surface area contributed by atoms with E-state index in [1.54, 1.807) is 12.4 Å². The maximum Gasteiger partial charge on any atom is 0.162 e. The first-order valence-electron chi connectivity index (χ1n) is 5.02. The minimum Gasteiger partial charge on any atom is -0.368 e. The van der Waals surface area contributed by atoms with Gasteiger partial charge < -0.3 is 4.74 Å². The number of carbonyl (C=O) groups is 1. The third-order valence-corrected chi connectivity index (χ3v) is 1.79. The molecule has 0 amide bonds. The normalized spacial score (nSPS) is 11.4. The molecule has 0 fully saturated rings. The molecule has 1 aromatic heterocycles. The fourth-order valence-corrected chi connectivity index (χ4v) is 1.08. The molecule has 1 rings (SSSR count). The molecule has 0 unspecified atom stereocenters. The van der Waals surface area contributed by atoms with Crippen LogP contribution in [0.5, 0.6) is 0 Å². The summed E-state index contributed by atoms with van der Waals surface area (Å²) in [4.78, 5) is 15.5. The second-order valence-electron chi connectivity index (χ2n) is 4.48. The summed E-state index contributed by atoms with van der Waals surface area (Å²) in [5.41, 5.74) is 0.671. The van der Waals surface area contributed by atoms with Crippen molar-refractivity contribution < 1.29 is 9.53 Å². The van der Waals surface area contributed by atoms with E-state index >= 15 is 0 Å². The largest absolute Gasteiger partial charge is 0.368 e. The summed E-state index contributed by atoms with van der Waals surface area (Å²) >= 11 is 0. The Kier molecular flexibility index (Phi) is 3.97. The van der Waals surface area contributed by atoms with Crippen molar-refractivity contribution in [1.82, 2.24) is 4.98 Å². The smallest absolute Gasteiger partial charge is 0.162 e. The van der Waals surface area contributed by atoms with Crippen LogP contribution in [0.15, 0.2) is 24.5 Å². The van der Waals surface area contributed by atoms with E-state index in [0.29, 0.717) is 6.42 Å². The zero-order chi connectivity index (χ0) is 11.3. The van der Waals surface area contributed by atoms with Gasteiger partial charge in [0, 0.05) is 18.8 Å². The van der Waals surface area contributed by atoms with Gasteiger partial charge in [-0.1, -0.05) is 6.07 Å². The number of carbonyl (C=O) groups excluding carboxylic acids is 1. The fraction of sp³-hybridized carbons (Fsp3) is 0.500. The molecule has 82 valence electrons. The Morgan fingerprint density at radius 2 is 2.20 bits per heavy atom. The molecule has 3 nitrogen and oxygen atoms in total. The number of nitrogens with zero attached hydrogens (tertiary/aromatic N) is 1. The molecule has 0 saturated carbocycles. The molecule has 0 N–H and O–H groups in total. The van der Waals surface area contributed by atoms with Gasteiger partial charge in [-0.2, -0.15) is 0 Å². The number of aromatic nitrogens is 1. The average Bonchev–Trinajstić information content (AvgIpc) is 2.15. The summed E-state index contributed by atoms with van der Waals surface area (Å²) in [6.07, 6.45) is 3.79. The van der Waals surface area contributed by atoms with Crippen molar-refractivity contribution in [3.05, 3.63) is 30.1 Å². The molecule has 0 atom stereocenters. The van der Waals surface area contributed by atoms with Gasteiger partial charge >= 0.3 is 0 Å². The standard InChI is InChI=1S/C12H17NO2/c1-12(2,3)15-9-11(14)7-10-5-4-6-13-8-10/h4-6,8H,7,9H2,1-3H3. The van der Waals surface area contributed by atoms with Gasteiger partial charge in [0.1, 0.15) is 6.61 Å². The van der Waals surface area contributed by atoms with Gasteiger partial charge in [0.05, 0.1) is 5.60 Å². The Labute approximate surface area is 90.5 Å². The topological polar surface area (TPSA) is 39.2 Å². The highest BCUT2D eigenvalue weighted by Gasteiger charge is 2.13. The third kappa shape index (κ3) is 5.27. The molecule has 0 saturated heterocycles. The quantitative estimate of drug-likeness (QED) is 0.758. The number of Topliss-reactive ketones (excluding diaryl/α,β-unsaturated/α-hetero) is 1. The molecule has 0 spiro atoms. The second-order valence-corrected chi connectivity index (χ2v) is 4.48. The van der Waals surface area contributed by atoms with Gasteiger partial charge in [0.2, 0.25) is 0 Å². The summed E-state index contributed by atoms with van der Waals surface area (Å²) < 4.78 is 5.39. The van der Waals surface area contributed by atoms with Crippen molar-refractivity contribution in [2.45, 2.75) is 32.8 Å². The molecule has 0 radical (unpaired) electrons. The average molecular weight is 207 g/mol. The van der Waals surface area contributed by atoms with E-state index in [2.05, 4.69) is 4.98 Å². The van der Waals surface area contributed by atoms with E-state index in [9.17, 15) is 4.79 Å². The summed E-state index contributed by atoms with van der Waals surface area (Å²) in [5.74, 6) is 0.0814. The van der Waals surface area contributed by atoms with Crippen molar-refractivity contribution in [2.24, 2.45) is 0 Å². The maximum absolute atomic E-state index is 11.5. The highest BCUT2D eigenvalue weighted by atomic mass is 16.5. The number of ketones is 1. The highest BCUT2D eigenvalue weighted by Crippen LogP contribution is 2.07. The van der Waals surface area contributed by atoms with Crippen molar-refractivity contribution in [3.8, 4) is 0 Å². The molecule has 0 aromatic carbocycles. The zero-order valence-electron chi connectivity index (χ0n) is 9.49. The minimum atomic E-state index is -0.259. The summed E-state index contributed by atoms with van der Waals surface area (Å²) in [6, 6.07) is 3.72. The van der Waals surface area contributed by atoms with Crippen LogP contribution >= 0.6 is 0 Å². The van der Waals surface area contributed by atoms with Crippen LogP contribution in [0.25, 0.3) is 0 Å². The van der Waals surface area contributed by atoms with Gasteiger partial charge in [-0.15, -0.1) is 0 Å². The first-order chi connectivity index (χ1) is 6.97. The van der Waals surface area contributed by atoms with Gasteiger partial charge in [-0.3, -0.25) is 9.78 Å². The van der Waals surface area contributed by atoms with E-state index in [4.69, 9.17) is 4.74 Å². The van der Waals surface area contributed by atoms with Crippen LogP contribution in [0.3, 0.4) is 0 Å². The lowest BCUT2D eigenvalue weighted by molar-refractivity contribution is -0.127. The lowest BCUT2D eigenvalue weighted by Gasteiger charge is -2.18. The molecule has 0 aliphatic carbocycles. The predicted octanol–water partition coefficient (Wildman–Crippen LogP) is 2.01. The molecular weight excluding hydrogens is 190 g/mol. The van der Waals surface area contributed by atoms with Crippen LogP contribution in [0.2, 0.25) is 0 Å². The summed E-state index contributed by atoms with van der Waals surface area (Å²) in [6.45, 7) is 5.97. The van der Waals surface area contributed by atoms with Crippen LogP contribution < -0.4 is 0 Å². The zero-order valence-corrected chi connectivity index (χ0v) is 9.49. The number of hydrogen-bond acceptors (Lipinski definition) is 3. The SMILES string of the molecule is CC(C)(C)OCC(=O)Cc1cccnc1. The van der Waals surface area contributed by atoms with Gasteiger partial charge in [-0.25, -0.2) is 0 Å². The predicted molar refractivity (Wildman–Crippen MR) is 58.7 cm³/mol. The summed E-state index contributed by atoms with van der Waals surface area (Å²) in [7, 11) is 0. The first-order valence-corrected chi connectivity index (χ1v) is 5.02. The molecule has 3 heteroatoms. The van der Waals surface area contributed by atoms with Crippen molar-refractivity contribution in [3.63, 3.8) is 0 Å². The molecular formula is C12H17NO2. The molecule has 0 aliphatic rings. The molecule has 1 heterocycles. The van der Waals surface area contributed by atoms with Crippen LogP contribution in [-0.2, 0) is 16.0 Å². The molecule has 0 bridgehead atoms. The number of hydrogen-bond donors (Lipinski definition) is 0. The first kappa shape index (κ1) is 11.9. The van der Waals surface area contributed by atoms with Gasteiger partial charge in [0.25, 0.3) is 0 Å². The van der Waals surface area contributed by atoms with E-state index < -0.39 is 0 Å². The molecule has 15 heavy (non-hydrogen) atoms. The van der Waals surface area contributed by atoms with Gasteiger partial charge in [0.15, 0.2) is 5.78 Å². The number of ether oxygens (including phenoxy) is 1. The van der Waals surface area contributed by atoms with Gasteiger partial charge in [-0.05, 0) is 32.4 Å². The van der Waals surface area contributed by atoms with Crippen LogP contribution in [-0.4, -0.2) is 23.0 Å². The highest BCUT2D eigenvalue weighted by molar-refractivity contribution is 5.81. The fourth-order valence-electron chi connectivity index (χ4n) is 1.08. The molecule has 0 aliphatic heterocycles. The minimum absolute atomic E-state index is 0.0814.